The summed E-state index contributed by atoms with van der Waals surface area (Å²) in [5, 5.41) is 21.4. The van der Waals surface area contributed by atoms with Gasteiger partial charge in [-0.2, -0.15) is 0 Å². The predicted octanol–water partition coefficient (Wildman–Crippen LogP) is 6.13. The van der Waals surface area contributed by atoms with Crippen molar-refractivity contribution in [3.05, 3.63) is 11.6 Å². The van der Waals surface area contributed by atoms with Crippen LogP contribution in [0, 0.1) is 50.2 Å². The molecular weight excluding hydrogens is 408 g/mol. The molecule has 5 fully saturated rings. The van der Waals surface area contributed by atoms with Crippen LogP contribution in [0.3, 0.4) is 0 Å². The van der Waals surface area contributed by atoms with Crippen LogP contribution in [0.4, 0.5) is 0 Å². The molecule has 2 bridgehead atoms. The molecule has 11 unspecified atom stereocenters. The number of rotatable bonds is 1. The van der Waals surface area contributed by atoms with Gasteiger partial charge in [0.1, 0.15) is 0 Å². The molecule has 2 N–H and O–H groups in total. The van der Waals surface area contributed by atoms with E-state index < -0.39 is 0 Å². The lowest BCUT2D eigenvalue weighted by molar-refractivity contribution is -0.216. The molecule has 186 valence electrons. The second-order valence-electron chi connectivity index (χ2n) is 15.1. The van der Waals surface area contributed by atoms with Gasteiger partial charge in [-0.25, -0.2) is 0 Å². The van der Waals surface area contributed by atoms with Crippen LogP contribution in [-0.2, 0) is 4.74 Å². The van der Waals surface area contributed by atoms with Crippen LogP contribution in [0.5, 0.6) is 0 Å². The average molecular weight is 457 g/mol. The summed E-state index contributed by atoms with van der Waals surface area (Å²) in [6.07, 6.45) is 13.4. The lowest BCUT2D eigenvalue weighted by Crippen LogP contribution is -2.65. The second-order valence-corrected chi connectivity index (χ2v) is 15.1. The molecule has 1 heterocycles. The van der Waals surface area contributed by atoms with Crippen molar-refractivity contribution in [2.24, 2.45) is 50.2 Å². The van der Waals surface area contributed by atoms with E-state index in [0.717, 1.165) is 25.9 Å². The summed E-state index contributed by atoms with van der Waals surface area (Å²) in [6.45, 7) is 16.1. The highest BCUT2D eigenvalue weighted by molar-refractivity contribution is 5.34. The first-order chi connectivity index (χ1) is 15.4. The summed E-state index contributed by atoms with van der Waals surface area (Å²) in [5.41, 5.74) is 2.83. The van der Waals surface area contributed by atoms with E-state index in [0.29, 0.717) is 40.1 Å². The number of aliphatic hydroxyl groups is 2. The Hall–Kier alpha value is -0.380. The number of hydrogen-bond donors (Lipinski definition) is 2. The Kier molecular flexibility index (Phi) is 4.66. The number of hydrogen-bond acceptors (Lipinski definition) is 3. The first-order valence-corrected chi connectivity index (χ1v) is 14.0. The van der Waals surface area contributed by atoms with E-state index in [4.69, 9.17) is 4.74 Å². The molecule has 5 aliphatic carbocycles. The van der Waals surface area contributed by atoms with Gasteiger partial charge in [0.15, 0.2) is 0 Å². The number of fused-ring (bicyclic) bond motifs is 10. The van der Waals surface area contributed by atoms with Crippen LogP contribution in [-0.4, -0.2) is 35.6 Å². The molecule has 1 saturated heterocycles. The van der Waals surface area contributed by atoms with Gasteiger partial charge in [-0.15, -0.1) is 0 Å². The Morgan fingerprint density at radius 3 is 2.39 bits per heavy atom. The second kappa shape index (κ2) is 6.68. The highest BCUT2D eigenvalue weighted by Crippen LogP contribution is 2.76. The van der Waals surface area contributed by atoms with Gasteiger partial charge in [-0.1, -0.05) is 53.2 Å². The van der Waals surface area contributed by atoms with Gasteiger partial charge in [-0.05, 0) is 97.2 Å². The normalized spacial score (nSPS) is 61.9. The molecule has 0 spiro atoms. The maximum absolute atomic E-state index is 10.9. The van der Waals surface area contributed by atoms with E-state index in [9.17, 15) is 10.2 Å². The minimum atomic E-state index is -0.371. The van der Waals surface area contributed by atoms with Gasteiger partial charge in [-0.3, -0.25) is 0 Å². The van der Waals surface area contributed by atoms with Gasteiger partial charge in [0.2, 0.25) is 0 Å². The van der Waals surface area contributed by atoms with E-state index in [-0.39, 0.29) is 29.0 Å². The van der Waals surface area contributed by atoms with Gasteiger partial charge in [0.25, 0.3) is 0 Å². The average Bonchev–Trinajstić information content (AvgIpc) is 3.12. The van der Waals surface area contributed by atoms with Crippen molar-refractivity contribution in [3.63, 3.8) is 0 Å². The SMILES string of the molecule is CC12COC(C1)C1(C)CCC3(C)C(=CCC4C5(C)CCC(O)C(C)(CO)C5CCC43C)C1C2. The minimum Gasteiger partial charge on any atom is -0.396 e. The Bertz CT molecular complexity index is 882. The van der Waals surface area contributed by atoms with Crippen molar-refractivity contribution in [2.45, 2.75) is 112 Å². The molecule has 6 aliphatic rings. The van der Waals surface area contributed by atoms with Crippen LogP contribution < -0.4 is 0 Å². The van der Waals surface area contributed by atoms with Crippen LogP contribution in [0.25, 0.3) is 0 Å². The van der Waals surface area contributed by atoms with Crippen molar-refractivity contribution < 1.29 is 14.9 Å². The molecule has 11 atom stereocenters. The molecule has 3 nitrogen and oxygen atoms in total. The Labute approximate surface area is 201 Å². The van der Waals surface area contributed by atoms with Crippen LogP contribution >= 0.6 is 0 Å². The summed E-state index contributed by atoms with van der Waals surface area (Å²) in [5.74, 6) is 1.70. The number of allylic oxidation sites excluding steroid dienone is 2. The molecule has 3 heteroatoms. The van der Waals surface area contributed by atoms with E-state index in [1.807, 2.05) is 0 Å². The van der Waals surface area contributed by atoms with E-state index in [2.05, 4.69) is 47.6 Å². The maximum atomic E-state index is 10.9. The van der Waals surface area contributed by atoms with Crippen molar-refractivity contribution in [1.29, 1.82) is 0 Å². The fraction of sp³-hybridized carbons (Fsp3) is 0.933. The van der Waals surface area contributed by atoms with Gasteiger partial charge < -0.3 is 14.9 Å². The fourth-order valence-electron chi connectivity index (χ4n) is 11.2. The van der Waals surface area contributed by atoms with E-state index in [1.54, 1.807) is 5.57 Å². The monoisotopic (exact) mass is 456 g/mol. The highest BCUT2D eigenvalue weighted by Gasteiger charge is 2.69. The van der Waals surface area contributed by atoms with Gasteiger partial charge >= 0.3 is 0 Å². The summed E-state index contributed by atoms with van der Waals surface area (Å²) >= 11 is 0. The van der Waals surface area contributed by atoms with Crippen molar-refractivity contribution in [3.8, 4) is 0 Å². The molecule has 0 aromatic rings. The number of ether oxygens (including phenoxy) is 1. The molecular formula is C30H48O3. The summed E-state index contributed by atoms with van der Waals surface area (Å²) in [7, 11) is 0. The zero-order valence-electron chi connectivity index (χ0n) is 22.0. The molecule has 0 aromatic carbocycles. The largest absolute Gasteiger partial charge is 0.396 e. The van der Waals surface area contributed by atoms with Crippen molar-refractivity contribution >= 4 is 0 Å². The molecule has 0 amide bonds. The van der Waals surface area contributed by atoms with Crippen molar-refractivity contribution in [1.82, 2.24) is 0 Å². The lowest BCUT2D eigenvalue weighted by atomic mass is 9.33. The topological polar surface area (TPSA) is 49.7 Å². The third kappa shape index (κ3) is 2.58. The zero-order chi connectivity index (χ0) is 23.7. The summed E-state index contributed by atoms with van der Waals surface area (Å²) in [4.78, 5) is 0. The quantitative estimate of drug-likeness (QED) is 0.467. The summed E-state index contributed by atoms with van der Waals surface area (Å²) < 4.78 is 6.45. The standard InChI is InChI=1S/C30H48O3/c1-25-15-20-19-7-8-22-27(3)11-10-23(32)28(4,17-31)21(27)9-12-30(22,6)29(19,5)14-13-26(20,2)24(16-25)33-18-25/h7,20-24,31-32H,8-18H2,1-6H3. The van der Waals surface area contributed by atoms with E-state index in [1.165, 1.54) is 38.5 Å². The van der Waals surface area contributed by atoms with E-state index >= 15 is 0 Å². The third-order valence-corrected chi connectivity index (χ3v) is 13.7. The first-order valence-electron chi connectivity index (χ1n) is 14.0. The molecule has 1 aliphatic heterocycles. The third-order valence-electron chi connectivity index (χ3n) is 13.7. The first kappa shape index (κ1) is 23.0. The molecule has 0 radical (unpaired) electrons. The Morgan fingerprint density at radius 2 is 1.67 bits per heavy atom. The fourth-order valence-corrected chi connectivity index (χ4v) is 11.2. The molecule has 6 rings (SSSR count). The number of aliphatic hydroxyl groups excluding tert-OH is 2. The zero-order valence-corrected chi connectivity index (χ0v) is 22.0. The molecule has 4 saturated carbocycles. The van der Waals surface area contributed by atoms with Crippen LogP contribution in [0.15, 0.2) is 11.6 Å². The van der Waals surface area contributed by atoms with Crippen LogP contribution in [0.2, 0.25) is 0 Å². The minimum absolute atomic E-state index is 0.108. The lowest BCUT2D eigenvalue weighted by Gasteiger charge is -2.71. The smallest absolute Gasteiger partial charge is 0.0640 e. The highest BCUT2D eigenvalue weighted by atomic mass is 16.5. The summed E-state index contributed by atoms with van der Waals surface area (Å²) in [6, 6.07) is 0. The van der Waals surface area contributed by atoms with Crippen LogP contribution in [0.1, 0.15) is 99.3 Å². The Balaban J connectivity index is 1.42. The van der Waals surface area contributed by atoms with Gasteiger partial charge in [0.05, 0.1) is 25.4 Å². The van der Waals surface area contributed by atoms with Gasteiger partial charge in [0, 0.05) is 10.8 Å². The maximum Gasteiger partial charge on any atom is 0.0640 e. The Morgan fingerprint density at radius 1 is 0.909 bits per heavy atom. The molecule has 0 aromatic heterocycles. The molecule has 33 heavy (non-hydrogen) atoms. The van der Waals surface area contributed by atoms with Crippen molar-refractivity contribution in [2.75, 3.05) is 13.2 Å². The predicted molar refractivity (Wildman–Crippen MR) is 132 cm³/mol.